The summed E-state index contributed by atoms with van der Waals surface area (Å²) < 4.78 is 15.9. The summed E-state index contributed by atoms with van der Waals surface area (Å²) in [5.41, 5.74) is 0.385. The number of hydroxylamine groups is 2. The zero-order valence-corrected chi connectivity index (χ0v) is 14.3. The van der Waals surface area contributed by atoms with Crippen molar-refractivity contribution in [3.8, 4) is 23.0 Å². The first-order chi connectivity index (χ1) is 11.4. The Morgan fingerprint density at radius 2 is 2.08 bits per heavy atom. The van der Waals surface area contributed by atoms with Crippen molar-refractivity contribution in [1.82, 2.24) is 10.2 Å². The number of hydrogen-bond donors (Lipinski definition) is 0. The van der Waals surface area contributed by atoms with Crippen molar-refractivity contribution in [2.24, 2.45) is 0 Å². The van der Waals surface area contributed by atoms with E-state index in [4.69, 9.17) is 18.8 Å². The smallest absolute Gasteiger partial charge is 0.254 e. The maximum absolute atomic E-state index is 11.0. The van der Waals surface area contributed by atoms with Gasteiger partial charge in [-0.25, -0.2) is 5.06 Å². The molecule has 0 saturated heterocycles. The fraction of sp³-hybridized carbons (Fsp3) is 0.412. The average Bonchev–Trinajstić information content (AvgIpc) is 3.01. The Morgan fingerprint density at radius 1 is 1.29 bits per heavy atom. The van der Waals surface area contributed by atoms with E-state index in [2.05, 4.69) is 5.16 Å². The van der Waals surface area contributed by atoms with Gasteiger partial charge in [-0.2, -0.15) is 0 Å². The normalized spacial score (nSPS) is 11.2. The van der Waals surface area contributed by atoms with Crippen LogP contribution in [0.2, 0.25) is 0 Å². The molecule has 0 aliphatic carbocycles. The molecule has 1 heterocycles. The Kier molecular flexibility index (Phi) is 5.81. The number of benzene rings is 1. The zero-order chi connectivity index (χ0) is 17.6. The summed E-state index contributed by atoms with van der Waals surface area (Å²) in [5.74, 6) is 1.64. The fourth-order valence-electron chi connectivity index (χ4n) is 1.95. The van der Waals surface area contributed by atoms with Gasteiger partial charge in [0.15, 0.2) is 5.76 Å². The van der Waals surface area contributed by atoms with Crippen molar-refractivity contribution >= 4 is 6.41 Å². The minimum absolute atomic E-state index is 0.235. The van der Waals surface area contributed by atoms with Gasteiger partial charge in [-0.3, -0.25) is 9.63 Å². The maximum Gasteiger partial charge on any atom is 0.254 e. The van der Waals surface area contributed by atoms with E-state index in [1.807, 2.05) is 45.0 Å². The van der Waals surface area contributed by atoms with Crippen molar-refractivity contribution in [3.05, 3.63) is 30.3 Å². The number of rotatable bonds is 8. The van der Waals surface area contributed by atoms with Gasteiger partial charge < -0.3 is 14.0 Å². The third kappa shape index (κ3) is 5.27. The molecule has 1 aromatic heterocycles. The van der Waals surface area contributed by atoms with Gasteiger partial charge in [0, 0.05) is 11.6 Å². The molecule has 7 heteroatoms. The molecule has 0 atom stereocenters. The first-order valence-corrected chi connectivity index (χ1v) is 7.56. The van der Waals surface area contributed by atoms with E-state index >= 15 is 0 Å². The summed E-state index contributed by atoms with van der Waals surface area (Å²) in [6.45, 7) is 6.11. The van der Waals surface area contributed by atoms with Crippen LogP contribution >= 0.6 is 0 Å². The molecule has 7 nitrogen and oxygen atoms in total. The quantitative estimate of drug-likeness (QED) is 0.546. The molecule has 130 valence electrons. The second-order valence-corrected chi connectivity index (χ2v) is 6.06. The molecule has 2 rings (SSSR count). The van der Waals surface area contributed by atoms with E-state index in [9.17, 15) is 4.79 Å². The van der Waals surface area contributed by atoms with E-state index in [1.165, 1.54) is 5.06 Å². The van der Waals surface area contributed by atoms with E-state index < -0.39 is 5.60 Å². The van der Waals surface area contributed by atoms with Gasteiger partial charge in [-0.05, 0) is 38.1 Å². The molecular formula is C17H22N2O5. The van der Waals surface area contributed by atoms with Gasteiger partial charge in [-0.15, -0.1) is 0 Å². The third-order valence-corrected chi connectivity index (χ3v) is 2.91. The molecule has 0 spiro atoms. The summed E-state index contributed by atoms with van der Waals surface area (Å²) >= 11 is 0. The van der Waals surface area contributed by atoms with Gasteiger partial charge in [-0.1, -0.05) is 12.1 Å². The lowest BCUT2D eigenvalue weighted by Crippen LogP contribution is -2.35. The second-order valence-electron chi connectivity index (χ2n) is 6.06. The van der Waals surface area contributed by atoms with Crippen LogP contribution in [0.1, 0.15) is 20.8 Å². The van der Waals surface area contributed by atoms with Crippen molar-refractivity contribution in [1.29, 1.82) is 0 Å². The zero-order valence-electron chi connectivity index (χ0n) is 14.3. The van der Waals surface area contributed by atoms with Crippen LogP contribution in [0, 0.1) is 0 Å². The van der Waals surface area contributed by atoms with Crippen LogP contribution in [-0.2, 0) is 9.63 Å². The van der Waals surface area contributed by atoms with E-state index in [-0.39, 0.29) is 13.2 Å². The fourth-order valence-corrected chi connectivity index (χ4v) is 1.95. The number of carbonyl (C=O) groups excluding carboxylic acids is 1. The van der Waals surface area contributed by atoms with Crippen LogP contribution in [0.25, 0.3) is 11.3 Å². The number of nitrogens with zero attached hydrogens (tertiary/aromatic N) is 2. The first kappa shape index (κ1) is 17.8. The Balaban J connectivity index is 1.90. The molecule has 0 N–H and O–H groups in total. The molecule has 2 aromatic rings. The Hall–Kier alpha value is -2.54. The highest BCUT2D eigenvalue weighted by molar-refractivity contribution is 5.60. The van der Waals surface area contributed by atoms with Crippen LogP contribution in [0.15, 0.2) is 34.9 Å². The molecule has 0 bridgehead atoms. The minimum Gasteiger partial charge on any atom is -0.497 e. The lowest BCUT2D eigenvalue weighted by molar-refractivity contribution is -0.217. The number of hydrogen-bond acceptors (Lipinski definition) is 6. The van der Waals surface area contributed by atoms with Gasteiger partial charge in [0.25, 0.3) is 5.88 Å². The van der Waals surface area contributed by atoms with Crippen LogP contribution in [0.3, 0.4) is 0 Å². The molecule has 0 unspecified atom stereocenters. The summed E-state index contributed by atoms with van der Waals surface area (Å²) in [6, 6.07) is 9.13. The summed E-state index contributed by atoms with van der Waals surface area (Å²) in [6.07, 6.45) is 0.624. The lowest BCUT2D eigenvalue weighted by Gasteiger charge is -2.26. The lowest BCUT2D eigenvalue weighted by atomic mass is 10.1. The third-order valence-electron chi connectivity index (χ3n) is 2.91. The Labute approximate surface area is 141 Å². The SMILES string of the molecule is COc1cccc(-c2cc(OCCN(C=O)OC(C)(C)C)no2)c1. The van der Waals surface area contributed by atoms with Crippen molar-refractivity contribution in [2.45, 2.75) is 26.4 Å². The Bertz CT molecular complexity index is 663. The van der Waals surface area contributed by atoms with Crippen LogP contribution in [0.5, 0.6) is 11.6 Å². The molecule has 1 amide bonds. The predicted molar refractivity (Wildman–Crippen MR) is 87.6 cm³/mol. The number of aromatic nitrogens is 1. The highest BCUT2D eigenvalue weighted by Gasteiger charge is 2.16. The first-order valence-electron chi connectivity index (χ1n) is 7.56. The van der Waals surface area contributed by atoms with Gasteiger partial charge in [0.2, 0.25) is 6.41 Å². The molecule has 0 aliphatic heterocycles. The van der Waals surface area contributed by atoms with Crippen molar-refractivity contribution in [2.75, 3.05) is 20.3 Å². The minimum atomic E-state index is -0.450. The maximum atomic E-state index is 11.0. The van der Waals surface area contributed by atoms with Crippen LogP contribution in [-0.4, -0.2) is 42.5 Å². The number of methoxy groups -OCH3 is 1. The number of ether oxygens (including phenoxy) is 2. The molecule has 1 aromatic carbocycles. The van der Waals surface area contributed by atoms with Gasteiger partial charge >= 0.3 is 0 Å². The van der Waals surface area contributed by atoms with Gasteiger partial charge in [0.1, 0.15) is 12.4 Å². The standard InChI is InChI=1S/C17H22N2O5/c1-17(2,3)24-19(12-20)8-9-22-16-11-15(23-18-16)13-6-5-7-14(10-13)21-4/h5-7,10-12H,8-9H2,1-4H3. The molecule has 0 radical (unpaired) electrons. The summed E-state index contributed by atoms with van der Waals surface area (Å²) in [4.78, 5) is 16.4. The predicted octanol–water partition coefficient (Wildman–Crippen LogP) is 2.92. The average molecular weight is 334 g/mol. The number of carbonyl (C=O) groups is 1. The summed E-state index contributed by atoms with van der Waals surface area (Å²) in [7, 11) is 1.60. The highest BCUT2D eigenvalue weighted by Crippen LogP contribution is 2.26. The molecule has 24 heavy (non-hydrogen) atoms. The van der Waals surface area contributed by atoms with Crippen molar-refractivity contribution < 1.29 is 23.6 Å². The second kappa shape index (κ2) is 7.83. The highest BCUT2D eigenvalue weighted by atomic mass is 16.7. The summed E-state index contributed by atoms with van der Waals surface area (Å²) in [5, 5.41) is 5.06. The van der Waals surface area contributed by atoms with E-state index in [0.717, 1.165) is 11.3 Å². The molecule has 0 saturated carbocycles. The van der Waals surface area contributed by atoms with Crippen LogP contribution in [0.4, 0.5) is 0 Å². The Morgan fingerprint density at radius 3 is 2.75 bits per heavy atom. The molecule has 0 fully saturated rings. The largest absolute Gasteiger partial charge is 0.497 e. The molecular weight excluding hydrogens is 312 g/mol. The molecule has 0 aliphatic rings. The van der Waals surface area contributed by atoms with Gasteiger partial charge in [0.05, 0.1) is 19.3 Å². The van der Waals surface area contributed by atoms with E-state index in [1.54, 1.807) is 13.2 Å². The monoisotopic (exact) mass is 334 g/mol. The topological polar surface area (TPSA) is 74.0 Å². The van der Waals surface area contributed by atoms with Crippen molar-refractivity contribution in [3.63, 3.8) is 0 Å². The number of amides is 1. The van der Waals surface area contributed by atoms with E-state index in [0.29, 0.717) is 18.1 Å². The van der Waals surface area contributed by atoms with Crippen LogP contribution < -0.4 is 9.47 Å².